The van der Waals surface area contributed by atoms with E-state index in [4.69, 9.17) is 16.3 Å². The average Bonchev–Trinajstić information content (AvgIpc) is 3.39. The maximum Gasteiger partial charge on any atom is 0.242 e. The number of amides is 2. The van der Waals surface area contributed by atoms with Crippen LogP contribution in [0.5, 0.6) is 5.75 Å². The minimum Gasteiger partial charge on any atom is -0.495 e. The molecule has 1 aliphatic rings. The Hall–Kier alpha value is -2.78. The van der Waals surface area contributed by atoms with E-state index in [1.165, 1.54) is 17.5 Å². The summed E-state index contributed by atoms with van der Waals surface area (Å²) in [7, 11) is -2.13. The van der Waals surface area contributed by atoms with Crippen molar-refractivity contribution in [3.63, 3.8) is 0 Å². The van der Waals surface area contributed by atoms with Crippen LogP contribution in [0.25, 0.3) is 0 Å². The first kappa shape index (κ1) is 29.8. The van der Waals surface area contributed by atoms with Crippen LogP contribution in [0.15, 0.2) is 48.5 Å². The van der Waals surface area contributed by atoms with Gasteiger partial charge in [0, 0.05) is 25.6 Å². The lowest BCUT2D eigenvalue weighted by molar-refractivity contribution is -0.140. The molecular formula is C28H38ClN3O5S. The molecule has 1 saturated carbocycles. The summed E-state index contributed by atoms with van der Waals surface area (Å²) in [6, 6.07) is 14.1. The van der Waals surface area contributed by atoms with Gasteiger partial charge in [-0.1, -0.05) is 54.8 Å². The zero-order valence-electron chi connectivity index (χ0n) is 22.4. The van der Waals surface area contributed by atoms with Crippen LogP contribution in [-0.4, -0.2) is 63.7 Å². The van der Waals surface area contributed by atoms with Crippen molar-refractivity contribution in [2.45, 2.75) is 64.0 Å². The van der Waals surface area contributed by atoms with Gasteiger partial charge in [0.05, 0.1) is 24.1 Å². The van der Waals surface area contributed by atoms with Crippen LogP contribution in [0, 0.1) is 0 Å². The number of benzene rings is 2. The first-order valence-corrected chi connectivity index (χ1v) is 15.3. The topological polar surface area (TPSA) is 96.0 Å². The molecule has 38 heavy (non-hydrogen) atoms. The number of nitrogens with zero attached hydrogens (tertiary/aromatic N) is 2. The third-order valence-electron chi connectivity index (χ3n) is 6.93. The summed E-state index contributed by atoms with van der Waals surface area (Å²) in [5, 5.41) is 3.39. The summed E-state index contributed by atoms with van der Waals surface area (Å²) in [5.74, 6) is 0.109. The van der Waals surface area contributed by atoms with Crippen molar-refractivity contribution < 1.29 is 22.7 Å². The summed E-state index contributed by atoms with van der Waals surface area (Å²) in [4.78, 5) is 28.0. The van der Waals surface area contributed by atoms with Gasteiger partial charge in [0.2, 0.25) is 21.8 Å². The first-order chi connectivity index (χ1) is 18.1. The van der Waals surface area contributed by atoms with E-state index in [1.807, 2.05) is 30.3 Å². The molecule has 0 saturated heterocycles. The van der Waals surface area contributed by atoms with Crippen molar-refractivity contribution in [1.82, 2.24) is 10.2 Å². The molecule has 10 heteroatoms. The first-order valence-electron chi connectivity index (χ1n) is 13.0. The second kappa shape index (κ2) is 13.8. The molecule has 2 aromatic carbocycles. The molecule has 0 spiro atoms. The van der Waals surface area contributed by atoms with Crippen LogP contribution in [0.1, 0.15) is 51.0 Å². The van der Waals surface area contributed by atoms with Gasteiger partial charge in [-0.3, -0.25) is 13.9 Å². The molecule has 0 aromatic heterocycles. The van der Waals surface area contributed by atoms with Gasteiger partial charge in [-0.15, -0.1) is 0 Å². The number of halogens is 1. The molecule has 2 aromatic rings. The Labute approximate surface area is 231 Å². The Bertz CT molecular complexity index is 1190. The van der Waals surface area contributed by atoms with E-state index in [0.717, 1.165) is 37.5 Å². The zero-order valence-corrected chi connectivity index (χ0v) is 23.9. The van der Waals surface area contributed by atoms with Crippen LogP contribution >= 0.6 is 11.6 Å². The van der Waals surface area contributed by atoms with Crippen molar-refractivity contribution >= 4 is 39.1 Å². The second-order valence-electron chi connectivity index (χ2n) is 9.75. The van der Waals surface area contributed by atoms with Gasteiger partial charge in [0.25, 0.3) is 0 Å². The highest BCUT2D eigenvalue weighted by Gasteiger charge is 2.28. The third kappa shape index (κ3) is 8.36. The van der Waals surface area contributed by atoms with Crippen LogP contribution in [-0.2, 0) is 26.0 Å². The zero-order chi connectivity index (χ0) is 27.7. The Morgan fingerprint density at radius 3 is 2.39 bits per heavy atom. The summed E-state index contributed by atoms with van der Waals surface area (Å²) in [6.07, 6.45) is 6.26. The van der Waals surface area contributed by atoms with E-state index in [1.54, 1.807) is 24.0 Å². The van der Waals surface area contributed by atoms with Gasteiger partial charge in [-0.05, 0) is 56.4 Å². The molecule has 0 radical (unpaired) electrons. The quantitative estimate of drug-likeness (QED) is 0.389. The number of methoxy groups -OCH3 is 1. The maximum atomic E-state index is 13.4. The molecule has 1 N–H and O–H groups in total. The Balaban J connectivity index is 1.68. The fraction of sp³-hybridized carbons (Fsp3) is 0.500. The fourth-order valence-electron chi connectivity index (χ4n) is 4.78. The van der Waals surface area contributed by atoms with Gasteiger partial charge in [0.1, 0.15) is 11.8 Å². The number of hydrogen-bond acceptors (Lipinski definition) is 5. The molecule has 1 atom stereocenters. The SMILES string of the molecule is COc1ccc(N(CCCC(=O)N(CCc2ccccc2)[C@H](C)C(=O)NC2CCCC2)S(C)(=O)=O)cc1Cl. The lowest BCUT2D eigenvalue weighted by atomic mass is 10.1. The van der Waals surface area contributed by atoms with E-state index >= 15 is 0 Å². The summed E-state index contributed by atoms with van der Waals surface area (Å²) < 4.78 is 31.5. The van der Waals surface area contributed by atoms with Crippen molar-refractivity contribution in [2.75, 3.05) is 30.8 Å². The minimum absolute atomic E-state index is 0.0996. The molecule has 0 bridgehead atoms. The van der Waals surface area contributed by atoms with Crippen LogP contribution in [0.3, 0.4) is 0 Å². The summed E-state index contributed by atoms with van der Waals surface area (Å²) >= 11 is 6.22. The highest BCUT2D eigenvalue weighted by molar-refractivity contribution is 7.92. The van der Waals surface area contributed by atoms with Crippen LogP contribution < -0.4 is 14.4 Å². The molecule has 8 nitrogen and oxygen atoms in total. The number of carbonyl (C=O) groups is 2. The van der Waals surface area contributed by atoms with E-state index in [-0.39, 0.29) is 37.2 Å². The molecule has 208 valence electrons. The summed E-state index contributed by atoms with van der Waals surface area (Å²) in [6.45, 7) is 2.25. The molecule has 0 heterocycles. The minimum atomic E-state index is -3.62. The van der Waals surface area contributed by atoms with Crippen molar-refractivity contribution in [3.05, 3.63) is 59.1 Å². The highest BCUT2D eigenvalue weighted by Crippen LogP contribution is 2.30. The number of ether oxygens (including phenoxy) is 1. The molecule has 0 aliphatic heterocycles. The molecule has 2 amide bonds. The lowest BCUT2D eigenvalue weighted by Crippen LogP contribution is -2.50. The van der Waals surface area contributed by atoms with Gasteiger partial charge in [-0.25, -0.2) is 8.42 Å². The van der Waals surface area contributed by atoms with Crippen LogP contribution in [0.2, 0.25) is 5.02 Å². The predicted octanol–water partition coefficient (Wildman–Crippen LogP) is 4.41. The third-order valence-corrected chi connectivity index (χ3v) is 8.42. The average molecular weight is 564 g/mol. The Morgan fingerprint density at radius 1 is 1.11 bits per heavy atom. The largest absolute Gasteiger partial charge is 0.495 e. The highest BCUT2D eigenvalue weighted by atomic mass is 35.5. The molecule has 1 aliphatic carbocycles. The lowest BCUT2D eigenvalue weighted by Gasteiger charge is -2.30. The summed E-state index contributed by atoms with van der Waals surface area (Å²) in [5.41, 5.74) is 1.48. The van der Waals surface area contributed by atoms with Crippen molar-refractivity contribution in [3.8, 4) is 5.75 Å². The fourth-order valence-corrected chi connectivity index (χ4v) is 5.99. The van der Waals surface area contributed by atoms with Gasteiger partial charge < -0.3 is 15.0 Å². The van der Waals surface area contributed by atoms with Crippen molar-refractivity contribution in [1.29, 1.82) is 0 Å². The normalized spacial score (nSPS) is 14.6. The number of carbonyl (C=O) groups excluding carboxylic acids is 2. The molecule has 1 fully saturated rings. The molecule has 0 unspecified atom stereocenters. The number of hydrogen-bond donors (Lipinski definition) is 1. The molecule has 3 rings (SSSR count). The predicted molar refractivity (Wildman–Crippen MR) is 151 cm³/mol. The number of anilines is 1. The van der Waals surface area contributed by atoms with E-state index in [9.17, 15) is 18.0 Å². The Kier molecular flexibility index (Phi) is 10.8. The maximum absolute atomic E-state index is 13.4. The number of nitrogens with one attached hydrogen (secondary N) is 1. The van der Waals surface area contributed by atoms with E-state index < -0.39 is 16.1 Å². The Morgan fingerprint density at radius 2 is 1.79 bits per heavy atom. The second-order valence-corrected chi connectivity index (χ2v) is 12.1. The standard InChI is InChI=1S/C28H38ClN3O5S/c1-21(28(34)30-23-12-7-8-13-23)31(19-17-22-10-5-4-6-11-22)27(33)14-9-18-32(38(3,35)36)24-15-16-26(37-2)25(29)20-24/h4-6,10-11,15-16,20-21,23H,7-9,12-14,17-19H2,1-3H3,(H,30,34)/t21-/m1/s1. The van der Waals surface area contributed by atoms with Gasteiger partial charge in [-0.2, -0.15) is 0 Å². The monoisotopic (exact) mass is 563 g/mol. The van der Waals surface area contributed by atoms with Gasteiger partial charge >= 0.3 is 0 Å². The van der Waals surface area contributed by atoms with Gasteiger partial charge in [0.15, 0.2) is 0 Å². The van der Waals surface area contributed by atoms with E-state index in [0.29, 0.717) is 29.4 Å². The van der Waals surface area contributed by atoms with Crippen LogP contribution in [0.4, 0.5) is 5.69 Å². The number of rotatable bonds is 13. The van der Waals surface area contributed by atoms with Crippen molar-refractivity contribution in [2.24, 2.45) is 0 Å². The van der Waals surface area contributed by atoms with E-state index in [2.05, 4.69) is 5.32 Å². The molecular weight excluding hydrogens is 526 g/mol. The smallest absolute Gasteiger partial charge is 0.242 e. The number of sulfonamides is 1.